The van der Waals surface area contributed by atoms with E-state index in [0.717, 1.165) is 5.75 Å². The first-order chi connectivity index (χ1) is 7.70. The van der Waals surface area contributed by atoms with Gasteiger partial charge in [0.25, 0.3) is 0 Å². The van der Waals surface area contributed by atoms with Crippen LogP contribution in [-0.2, 0) is 0 Å². The van der Waals surface area contributed by atoms with Crippen LogP contribution in [0.4, 0.5) is 0 Å². The zero-order valence-electron chi connectivity index (χ0n) is 9.44. The molecule has 2 N–H and O–H groups in total. The van der Waals surface area contributed by atoms with Crippen LogP contribution < -0.4 is 10.5 Å². The van der Waals surface area contributed by atoms with Crippen molar-refractivity contribution >= 4 is 11.3 Å². The van der Waals surface area contributed by atoms with E-state index in [9.17, 15) is 0 Å². The third kappa shape index (κ3) is 2.26. The number of benzene rings is 1. The van der Waals surface area contributed by atoms with E-state index < -0.39 is 0 Å². The van der Waals surface area contributed by atoms with E-state index in [0.29, 0.717) is 0 Å². The average Bonchev–Trinajstić information content (AvgIpc) is 2.78. The molecule has 1 heterocycles. The van der Waals surface area contributed by atoms with Gasteiger partial charge in [0.1, 0.15) is 5.75 Å². The van der Waals surface area contributed by atoms with Gasteiger partial charge in [0.2, 0.25) is 0 Å². The van der Waals surface area contributed by atoms with Crippen molar-refractivity contribution in [2.45, 2.75) is 13.0 Å². The van der Waals surface area contributed by atoms with Crippen LogP contribution in [0.5, 0.6) is 5.75 Å². The molecule has 1 aromatic heterocycles. The number of hydrogen-bond acceptors (Lipinski definition) is 3. The van der Waals surface area contributed by atoms with Gasteiger partial charge in [-0.3, -0.25) is 0 Å². The fourth-order valence-corrected chi connectivity index (χ4v) is 2.47. The molecule has 1 atom stereocenters. The number of methoxy groups -OCH3 is 1. The van der Waals surface area contributed by atoms with Gasteiger partial charge in [-0.25, -0.2) is 0 Å². The summed E-state index contributed by atoms with van der Waals surface area (Å²) in [6.07, 6.45) is 0. The molecule has 0 aliphatic heterocycles. The van der Waals surface area contributed by atoms with Crippen molar-refractivity contribution in [3.05, 3.63) is 41.3 Å². The molecule has 0 fully saturated rings. The fraction of sp³-hybridized carbons (Fsp3) is 0.231. The Morgan fingerprint density at radius 3 is 2.31 bits per heavy atom. The topological polar surface area (TPSA) is 35.2 Å². The zero-order valence-corrected chi connectivity index (χ0v) is 10.3. The van der Waals surface area contributed by atoms with Gasteiger partial charge in [0.05, 0.1) is 7.11 Å². The molecule has 0 bridgehead atoms. The number of ether oxygens (including phenoxy) is 1. The molecular formula is C13H15NOS. The average molecular weight is 233 g/mol. The number of rotatable bonds is 3. The van der Waals surface area contributed by atoms with E-state index in [4.69, 9.17) is 10.5 Å². The van der Waals surface area contributed by atoms with Crippen molar-refractivity contribution in [1.82, 2.24) is 0 Å². The Labute approximate surface area is 99.7 Å². The van der Waals surface area contributed by atoms with Crippen LogP contribution in [-0.4, -0.2) is 7.11 Å². The zero-order chi connectivity index (χ0) is 11.5. The van der Waals surface area contributed by atoms with Crippen LogP contribution in [0.3, 0.4) is 0 Å². The van der Waals surface area contributed by atoms with Crippen molar-refractivity contribution in [1.29, 1.82) is 0 Å². The van der Waals surface area contributed by atoms with Gasteiger partial charge < -0.3 is 10.5 Å². The van der Waals surface area contributed by atoms with Crippen LogP contribution in [0, 0.1) is 0 Å². The van der Waals surface area contributed by atoms with Gasteiger partial charge in [-0.1, -0.05) is 0 Å². The quantitative estimate of drug-likeness (QED) is 0.881. The molecule has 0 spiro atoms. The maximum absolute atomic E-state index is 5.84. The molecule has 0 saturated carbocycles. The highest BCUT2D eigenvalue weighted by Crippen LogP contribution is 2.31. The van der Waals surface area contributed by atoms with Gasteiger partial charge in [-0.05, 0) is 48.9 Å². The molecular weight excluding hydrogens is 218 g/mol. The predicted molar refractivity (Wildman–Crippen MR) is 68.9 cm³/mol. The van der Waals surface area contributed by atoms with Crippen LogP contribution in [0.2, 0.25) is 0 Å². The van der Waals surface area contributed by atoms with E-state index in [-0.39, 0.29) is 6.04 Å². The molecule has 0 radical (unpaired) electrons. The summed E-state index contributed by atoms with van der Waals surface area (Å²) >= 11 is 1.74. The first-order valence-electron chi connectivity index (χ1n) is 5.20. The first-order valence-corrected chi connectivity index (χ1v) is 6.02. The minimum absolute atomic E-state index is 0.108. The van der Waals surface area contributed by atoms with E-state index in [2.05, 4.69) is 24.3 Å². The highest BCUT2D eigenvalue weighted by atomic mass is 32.1. The molecule has 0 aliphatic rings. The van der Waals surface area contributed by atoms with Crippen molar-refractivity contribution in [3.8, 4) is 16.2 Å². The molecule has 0 aliphatic carbocycles. The van der Waals surface area contributed by atoms with Gasteiger partial charge >= 0.3 is 0 Å². The molecule has 1 aromatic carbocycles. The summed E-state index contributed by atoms with van der Waals surface area (Å²) in [6, 6.07) is 12.4. The molecule has 3 heteroatoms. The van der Waals surface area contributed by atoms with Gasteiger partial charge in [0.15, 0.2) is 0 Å². The smallest absolute Gasteiger partial charge is 0.118 e. The lowest BCUT2D eigenvalue weighted by Gasteiger charge is -2.01. The van der Waals surface area contributed by atoms with Crippen LogP contribution >= 0.6 is 11.3 Å². The van der Waals surface area contributed by atoms with Crippen molar-refractivity contribution < 1.29 is 4.74 Å². The lowest BCUT2D eigenvalue weighted by molar-refractivity contribution is 0.415. The largest absolute Gasteiger partial charge is 0.497 e. The molecule has 84 valence electrons. The van der Waals surface area contributed by atoms with Gasteiger partial charge in [-0.15, -0.1) is 11.3 Å². The van der Waals surface area contributed by atoms with E-state index in [1.54, 1.807) is 18.4 Å². The Morgan fingerprint density at radius 2 is 1.81 bits per heavy atom. The Balaban J connectivity index is 2.28. The second-order valence-electron chi connectivity index (χ2n) is 3.72. The van der Waals surface area contributed by atoms with Gasteiger partial charge in [0, 0.05) is 15.8 Å². The lowest BCUT2D eigenvalue weighted by atomic mass is 10.2. The molecule has 16 heavy (non-hydrogen) atoms. The summed E-state index contributed by atoms with van der Waals surface area (Å²) < 4.78 is 5.13. The first kappa shape index (κ1) is 11.2. The molecule has 0 amide bonds. The minimum Gasteiger partial charge on any atom is -0.497 e. The maximum Gasteiger partial charge on any atom is 0.118 e. The molecule has 2 rings (SSSR count). The molecule has 0 saturated heterocycles. The van der Waals surface area contributed by atoms with E-state index in [1.165, 1.54) is 15.3 Å². The third-order valence-corrected chi connectivity index (χ3v) is 3.79. The second-order valence-corrected chi connectivity index (χ2v) is 4.83. The maximum atomic E-state index is 5.84. The van der Waals surface area contributed by atoms with Crippen LogP contribution in [0.15, 0.2) is 36.4 Å². The standard InChI is InChI=1S/C13H15NOS/c1-9(14)12-7-8-13(16-12)10-3-5-11(15-2)6-4-10/h3-9H,14H2,1-2H3/t9-/m1/s1. The Hall–Kier alpha value is -1.32. The van der Waals surface area contributed by atoms with Crippen LogP contribution in [0.1, 0.15) is 17.8 Å². The SMILES string of the molecule is COc1ccc(-c2ccc([C@@H](C)N)s2)cc1. The highest BCUT2D eigenvalue weighted by molar-refractivity contribution is 7.15. The number of hydrogen-bond donors (Lipinski definition) is 1. The summed E-state index contributed by atoms with van der Waals surface area (Å²) in [7, 11) is 1.67. The second kappa shape index (κ2) is 4.68. The highest BCUT2D eigenvalue weighted by Gasteiger charge is 2.05. The summed E-state index contributed by atoms with van der Waals surface area (Å²) in [4.78, 5) is 2.46. The summed E-state index contributed by atoms with van der Waals surface area (Å²) in [5.41, 5.74) is 7.05. The lowest BCUT2D eigenvalue weighted by Crippen LogP contribution is -2.01. The Kier molecular flexibility index (Phi) is 3.27. The van der Waals surface area contributed by atoms with Crippen LogP contribution in [0.25, 0.3) is 10.4 Å². The van der Waals surface area contributed by atoms with Gasteiger partial charge in [-0.2, -0.15) is 0 Å². The minimum atomic E-state index is 0.108. The molecule has 2 aromatic rings. The Morgan fingerprint density at radius 1 is 1.12 bits per heavy atom. The van der Waals surface area contributed by atoms with Crippen molar-refractivity contribution in [2.24, 2.45) is 5.73 Å². The normalized spacial score (nSPS) is 12.4. The molecule has 0 unspecified atom stereocenters. The predicted octanol–water partition coefficient (Wildman–Crippen LogP) is 3.44. The van der Waals surface area contributed by atoms with Crippen molar-refractivity contribution in [3.63, 3.8) is 0 Å². The monoisotopic (exact) mass is 233 g/mol. The van der Waals surface area contributed by atoms with Crippen molar-refractivity contribution in [2.75, 3.05) is 7.11 Å². The summed E-state index contributed by atoms with van der Waals surface area (Å²) in [6.45, 7) is 2.00. The molecule has 2 nitrogen and oxygen atoms in total. The van der Waals surface area contributed by atoms with E-state index in [1.807, 2.05) is 19.1 Å². The number of thiophene rings is 1. The third-order valence-electron chi connectivity index (χ3n) is 2.45. The van der Waals surface area contributed by atoms with E-state index >= 15 is 0 Å². The summed E-state index contributed by atoms with van der Waals surface area (Å²) in [5.74, 6) is 0.882. The number of nitrogens with two attached hydrogens (primary N) is 1. The Bertz CT molecular complexity index is 459. The summed E-state index contributed by atoms with van der Waals surface area (Å²) in [5, 5.41) is 0. The fourth-order valence-electron chi connectivity index (χ4n) is 1.51.